The van der Waals surface area contributed by atoms with Gasteiger partial charge in [0.1, 0.15) is 0 Å². The molecule has 2 atom stereocenters. The fourth-order valence-corrected chi connectivity index (χ4v) is 2.50. The Morgan fingerprint density at radius 2 is 1.95 bits per heavy atom. The van der Waals surface area contributed by atoms with Crippen LogP contribution in [0, 0.1) is 5.92 Å². The van der Waals surface area contributed by atoms with E-state index in [4.69, 9.17) is 5.73 Å². The van der Waals surface area contributed by atoms with Crippen molar-refractivity contribution in [3.05, 3.63) is 24.3 Å². The number of halogens is 2. The number of thioether (sulfide) groups is 1. The molecular weight excluding hydrogens is 294 g/mol. The summed E-state index contributed by atoms with van der Waals surface area (Å²) in [7, 11) is 0. The van der Waals surface area contributed by atoms with Crippen molar-refractivity contribution in [2.24, 2.45) is 11.7 Å². The number of hydrogen-bond donors (Lipinski definition) is 2. The molecular formula is C15H22F2N2OS. The molecule has 1 rings (SSSR count). The summed E-state index contributed by atoms with van der Waals surface area (Å²) in [5.74, 6) is -2.83. The number of anilines is 1. The Bertz CT molecular complexity index is 455. The van der Waals surface area contributed by atoms with Crippen LogP contribution in [0.4, 0.5) is 14.5 Å². The Kier molecular flexibility index (Phi) is 7.67. The average Bonchev–Trinajstić information content (AvgIpc) is 2.39. The van der Waals surface area contributed by atoms with Crippen LogP contribution in [0.25, 0.3) is 0 Å². The summed E-state index contributed by atoms with van der Waals surface area (Å²) in [5.41, 5.74) is 6.11. The predicted molar refractivity (Wildman–Crippen MR) is 83.6 cm³/mol. The van der Waals surface area contributed by atoms with Crippen LogP contribution in [0.3, 0.4) is 0 Å². The van der Waals surface area contributed by atoms with Crippen molar-refractivity contribution in [2.45, 2.75) is 49.8 Å². The monoisotopic (exact) mass is 316 g/mol. The molecule has 6 heteroatoms. The lowest BCUT2D eigenvalue weighted by Gasteiger charge is -2.15. The first-order valence-electron chi connectivity index (χ1n) is 7.00. The molecule has 1 aromatic carbocycles. The fraction of sp³-hybridized carbons (Fsp3) is 0.533. The lowest BCUT2D eigenvalue weighted by Crippen LogP contribution is -2.22. The topological polar surface area (TPSA) is 55.1 Å². The van der Waals surface area contributed by atoms with Gasteiger partial charge in [-0.2, -0.15) is 8.78 Å². The average molecular weight is 316 g/mol. The largest absolute Gasteiger partial charge is 0.328 e. The minimum absolute atomic E-state index is 0.128. The lowest BCUT2D eigenvalue weighted by atomic mass is 10.0. The summed E-state index contributed by atoms with van der Waals surface area (Å²) in [6.07, 6.45) is 2.48. The van der Waals surface area contributed by atoms with Crippen LogP contribution in [0.15, 0.2) is 29.2 Å². The van der Waals surface area contributed by atoms with Crippen molar-refractivity contribution in [3.63, 3.8) is 0 Å². The quantitative estimate of drug-likeness (QED) is 0.710. The van der Waals surface area contributed by atoms with Crippen LogP contribution in [-0.4, -0.2) is 17.7 Å². The van der Waals surface area contributed by atoms with E-state index < -0.39 is 5.76 Å². The van der Waals surface area contributed by atoms with Crippen LogP contribution >= 0.6 is 11.8 Å². The summed E-state index contributed by atoms with van der Waals surface area (Å²) < 4.78 is 25.0. The summed E-state index contributed by atoms with van der Waals surface area (Å²) in [6.45, 7) is 3.77. The first-order chi connectivity index (χ1) is 9.90. The molecule has 118 valence electrons. The molecule has 0 aromatic heterocycles. The number of carbonyl (C=O) groups is 1. The number of amides is 1. The molecule has 3 nitrogen and oxygen atoms in total. The van der Waals surface area contributed by atoms with Crippen molar-refractivity contribution >= 4 is 23.4 Å². The Morgan fingerprint density at radius 1 is 1.29 bits per heavy atom. The molecule has 0 spiro atoms. The van der Waals surface area contributed by atoms with E-state index in [9.17, 15) is 13.6 Å². The van der Waals surface area contributed by atoms with Crippen LogP contribution < -0.4 is 11.1 Å². The third-order valence-corrected chi connectivity index (χ3v) is 3.89. The Morgan fingerprint density at radius 3 is 2.57 bits per heavy atom. The molecule has 21 heavy (non-hydrogen) atoms. The van der Waals surface area contributed by atoms with E-state index >= 15 is 0 Å². The van der Waals surface area contributed by atoms with E-state index in [1.54, 1.807) is 24.3 Å². The minimum atomic E-state index is -2.51. The van der Waals surface area contributed by atoms with Crippen molar-refractivity contribution in [1.82, 2.24) is 0 Å². The second kappa shape index (κ2) is 9.00. The number of carbonyl (C=O) groups excluding carboxylic acids is 1. The molecule has 0 aliphatic carbocycles. The van der Waals surface area contributed by atoms with Crippen molar-refractivity contribution < 1.29 is 13.6 Å². The smallest absolute Gasteiger partial charge is 0.288 e. The first kappa shape index (κ1) is 17.9. The van der Waals surface area contributed by atoms with Gasteiger partial charge >= 0.3 is 0 Å². The highest BCUT2D eigenvalue weighted by Crippen LogP contribution is 2.31. The second-order valence-corrected chi connectivity index (χ2v) is 6.21. The van der Waals surface area contributed by atoms with Crippen molar-refractivity contribution in [3.8, 4) is 0 Å². The van der Waals surface area contributed by atoms with Gasteiger partial charge in [-0.25, -0.2) is 0 Å². The van der Waals surface area contributed by atoms with Crippen molar-refractivity contribution in [1.29, 1.82) is 0 Å². The number of nitrogens with two attached hydrogens (primary N) is 1. The number of nitrogens with one attached hydrogen (secondary N) is 1. The second-order valence-electron chi connectivity index (χ2n) is 5.17. The number of alkyl halides is 2. The molecule has 0 radical (unpaired) electrons. The third-order valence-electron chi connectivity index (χ3n) is 3.11. The van der Waals surface area contributed by atoms with E-state index in [2.05, 4.69) is 5.32 Å². The van der Waals surface area contributed by atoms with E-state index in [0.29, 0.717) is 22.3 Å². The van der Waals surface area contributed by atoms with Gasteiger partial charge in [0, 0.05) is 16.9 Å². The molecule has 0 saturated heterocycles. The molecule has 1 amide bonds. The Balaban J connectivity index is 2.57. The zero-order valence-electron chi connectivity index (χ0n) is 12.3. The van der Waals surface area contributed by atoms with Gasteiger partial charge in [-0.15, -0.1) is 0 Å². The molecule has 0 aliphatic rings. The van der Waals surface area contributed by atoms with Crippen LogP contribution in [0.5, 0.6) is 0 Å². The summed E-state index contributed by atoms with van der Waals surface area (Å²) in [5, 5.41) is 2.73. The van der Waals surface area contributed by atoms with Crippen LogP contribution in [0.1, 0.15) is 33.1 Å². The highest BCUT2D eigenvalue weighted by atomic mass is 32.2. The van der Waals surface area contributed by atoms with Crippen molar-refractivity contribution in [2.75, 3.05) is 5.32 Å². The third kappa shape index (κ3) is 6.91. The zero-order valence-corrected chi connectivity index (χ0v) is 13.1. The van der Waals surface area contributed by atoms with Gasteiger partial charge in [0.25, 0.3) is 5.76 Å². The summed E-state index contributed by atoms with van der Waals surface area (Å²) in [4.78, 5) is 12.5. The summed E-state index contributed by atoms with van der Waals surface area (Å²) in [6, 6.07) is 6.73. The molecule has 3 N–H and O–H groups in total. The minimum Gasteiger partial charge on any atom is -0.328 e. The SMILES string of the molecule is CC(N)CCCC(C)C(=O)Nc1ccccc1SC(F)F. The van der Waals surface area contributed by atoms with Gasteiger partial charge in [-0.1, -0.05) is 37.2 Å². The van der Waals surface area contributed by atoms with Gasteiger partial charge in [-0.05, 0) is 31.9 Å². The van der Waals surface area contributed by atoms with E-state index in [1.165, 1.54) is 0 Å². The molecule has 0 heterocycles. The maximum Gasteiger partial charge on any atom is 0.288 e. The van der Waals surface area contributed by atoms with Crippen LogP contribution in [-0.2, 0) is 4.79 Å². The van der Waals surface area contributed by atoms with Gasteiger partial charge in [0.05, 0.1) is 5.69 Å². The normalized spacial score (nSPS) is 14.0. The standard InChI is InChI=1S/C15H22F2N2OS/c1-10(6-5-7-11(2)18)14(20)19-12-8-3-4-9-13(12)21-15(16)17/h3-4,8-11,15H,5-7,18H2,1-2H3,(H,19,20). The van der Waals surface area contributed by atoms with Gasteiger partial charge in [0.15, 0.2) is 0 Å². The fourth-order valence-electron chi connectivity index (χ4n) is 1.90. The molecule has 2 unspecified atom stereocenters. The van der Waals surface area contributed by atoms with E-state index in [1.807, 2.05) is 13.8 Å². The Hall–Kier alpha value is -1.14. The predicted octanol–water partition coefficient (Wildman–Crippen LogP) is 4.09. The first-order valence-corrected chi connectivity index (χ1v) is 7.88. The van der Waals surface area contributed by atoms with Crippen LogP contribution in [0.2, 0.25) is 0 Å². The number of rotatable bonds is 8. The molecule has 1 aromatic rings. The van der Waals surface area contributed by atoms with E-state index in [-0.39, 0.29) is 17.9 Å². The molecule has 0 fully saturated rings. The molecule has 0 aliphatic heterocycles. The maximum absolute atomic E-state index is 12.5. The number of para-hydroxylation sites is 1. The highest BCUT2D eigenvalue weighted by Gasteiger charge is 2.16. The van der Waals surface area contributed by atoms with Gasteiger partial charge in [0.2, 0.25) is 5.91 Å². The van der Waals surface area contributed by atoms with E-state index in [0.717, 1.165) is 19.3 Å². The Labute approximate surface area is 128 Å². The highest BCUT2D eigenvalue weighted by molar-refractivity contribution is 7.99. The van der Waals surface area contributed by atoms with Gasteiger partial charge < -0.3 is 11.1 Å². The molecule has 0 saturated carbocycles. The summed E-state index contributed by atoms with van der Waals surface area (Å²) >= 11 is 0.436. The maximum atomic E-state index is 12.5. The number of hydrogen-bond acceptors (Lipinski definition) is 3. The van der Waals surface area contributed by atoms with Gasteiger partial charge in [-0.3, -0.25) is 4.79 Å². The number of benzene rings is 1. The molecule has 0 bridgehead atoms. The lowest BCUT2D eigenvalue weighted by molar-refractivity contribution is -0.119. The zero-order chi connectivity index (χ0) is 15.8.